The Bertz CT molecular complexity index is 1570. The van der Waals surface area contributed by atoms with Crippen LogP contribution in [0, 0.1) is 0 Å². The van der Waals surface area contributed by atoms with Crippen LogP contribution in [0.3, 0.4) is 0 Å². The van der Waals surface area contributed by atoms with Crippen LogP contribution in [0.1, 0.15) is 59.1 Å². The molecule has 0 fully saturated rings. The molecular formula is C31H37ClN4O6S. The molecule has 0 aliphatic heterocycles. The summed E-state index contributed by atoms with van der Waals surface area (Å²) in [6.07, 6.45) is 0.865. The molecule has 0 aliphatic carbocycles. The standard InChI is InChI=1S/C31H37ClN4O6S/c1-18(33-28(37)41-30(2,3)4)16-22-23(19-11-13-20(39-8)14-12-19)24-25(43-22)26(35-27(32)34-24)36(17-21-10-9-15-40-21)29(38)42-31(5,6)7/h9-15,18H,16-17H2,1-8H3,(H,33,37)/t18-/m0/s1. The van der Waals surface area contributed by atoms with Crippen molar-refractivity contribution in [2.45, 2.75) is 78.7 Å². The minimum atomic E-state index is -0.758. The lowest BCUT2D eigenvalue weighted by Gasteiger charge is -2.26. The molecule has 10 nitrogen and oxygen atoms in total. The maximum absolute atomic E-state index is 13.6. The van der Waals surface area contributed by atoms with E-state index in [4.69, 9.17) is 30.2 Å². The molecule has 3 heterocycles. The number of carbonyl (C=O) groups is 2. The second-order valence-electron chi connectivity index (χ2n) is 12.0. The number of thiophene rings is 1. The number of hydrogen-bond acceptors (Lipinski definition) is 9. The highest BCUT2D eigenvalue weighted by atomic mass is 35.5. The van der Waals surface area contributed by atoms with Gasteiger partial charge in [0.1, 0.15) is 22.7 Å². The summed E-state index contributed by atoms with van der Waals surface area (Å²) in [6.45, 7) is 12.8. The molecule has 4 rings (SSSR count). The topological polar surface area (TPSA) is 116 Å². The predicted molar refractivity (Wildman–Crippen MR) is 168 cm³/mol. The molecule has 0 saturated carbocycles. The average Bonchev–Trinajstić information content (AvgIpc) is 3.52. The van der Waals surface area contributed by atoms with Crippen molar-refractivity contribution in [2.24, 2.45) is 0 Å². The molecule has 1 N–H and O–H groups in total. The Morgan fingerprint density at radius 1 is 1.05 bits per heavy atom. The highest BCUT2D eigenvalue weighted by Gasteiger charge is 2.30. The molecule has 2 amide bonds. The third-order valence-corrected chi connectivity index (χ3v) is 7.32. The molecule has 230 valence electrons. The zero-order chi connectivity index (χ0) is 31.5. The maximum atomic E-state index is 13.6. The first-order valence-electron chi connectivity index (χ1n) is 13.8. The highest BCUT2D eigenvalue weighted by Crippen LogP contribution is 2.43. The second kappa shape index (κ2) is 12.8. The highest BCUT2D eigenvalue weighted by molar-refractivity contribution is 7.20. The zero-order valence-electron chi connectivity index (χ0n) is 25.6. The smallest absolute Gasteiger partial charge is 0.416 e. The van der Waals surface area contributed by atoms with Gasteiger partial charge in [-0.1, -0.05) is 12.1 Å². The number of rotatable bonds is 8. The minimum Gasteiger partial charge on any atom is -0.497 e. The van der Waals surface area contributed by atoms with Crippen molar-refractivity contribution in [1.82, 2.24) is 15.3 Å². The van der Waals surface area contributed by atoms with E-state index >= 15 is 0 Å². The Labute approximate surface area is 260 Å². The van der Waals surface area contributed by atoms with E-state index in [0.29, 0.717) is 34.0 Å². The van der Waals surface area contributed by atoms with Crippen LogP contribution < -0.4 is 15.0 Å². The van der Waals surface area contributed by atoms with Crippen LogP contribution in [0.2, 0.25) is 5.28 Å². The van der Waals surface area contributed by atoms with Crippen molar-refractivity contribution in [2.75, 3.05) is 12.0 Å². The number of benzene rings is 1. The molecule has 1 aromatic carbocycles. The number of carbonyl (C=O) groups excluding carboxylic acids is 2. The Kier molecular flexibility index (Phi) is 9.56. The van der Waals surface area contributed by atoms with E-state index in [1.165, 1.54) is 22.5 Å². The molecule has 43 heavy (non-hydrogen) atoms. The van der Waals surface area contributed by atoms with Gasteiger partial charge in [-0.15, -0.1) is 11.3 Å². The summed E-state index contributed by atoms with van der Waals surface area (Å²) in [5.41, 5.74) is 0.857. The molecule has 0 radical (unpaired) electrons. The molecule has 4 aromatic rings. The quantitative estimate of drug-likeness (QED) is 0.195. The Morgan fingerprint density at radius 3 is 2.30 bits per heavy atom. The summed E-state index contributed by atoms with van der Waals surface area (Å²) >= 11 is 7.95. The molecule has 3 aromatic heterocycles. The number of ether oxygens (including phenoxy) is 3. The first-order chi connectivity index (χ1) is 20.1. The maximum Gasteiger partial charge on any atom is 0.416 e. The Balaban J connectivity index is 1.86. The van der Waals surface area contributed by atoms with Crippen LogP contribution in [-0.2, 0) is 22.4 Å². The van der Waals surface area contributed by atoms with E-state index in [2.05, 4.69) is 15.3 Å². The summed E-state index contributed by atoms with van der Waals surface area (Å²) in [7, 11) is 1.61. The number of amides is 2. The fourth-order valence-corrected chi connectivity index (χ4v) is 5.86. The van der Waals surface area contributed by atoms with Crippen molar-refractivity contribution in [3.05, 3.63) is 58.6 Å². The van der Waals surface area contributed by atoms with Gasteiger partial charge in [-0.25, -0.2) is 14.6 Å². The van der Waals surface area contributed by atoms with Gasteiger partial charge in [0.25, 0.3) is 0 Å². The van der Waals surface area contributed by atoms with Crippen LogP contribution in [0.25, 0.3) is 21.3 Å². The monoisotopic (exact) mass is 628 g/mol. The average molecular weight is 629 g/mol. The van der Waals surface area contributed by atoms with Crippen molar-refractivity contribution in [3.8, 4) is 16.9 Å². The number of nitrogens with zero attached hydrogens (tertiary/aromatic N) is 3. The number of halogens is 1. The largest absolute Gasteiger partial charge is 0.497 e. The van der Waals surface area contributed by atoms with E-state index in [1.54, 1.807) is 40.0 Å². The van der Waals surface area contributed by atoms with Crippen molar-refractivity contribution in [3.63, 3.8) is 0 Å². The number of hydrogen-bond donors (Lipinski definition) is 1. The van der Waals surface area contributed by atoms with Gasteiger partial charge in [0, 0.05) is 22.9 Å². The summed E-state index contributed by atoms with van der Waals surface area (Å²) in [5, 5.41) is 2.88. The number of furan rings is 1. The first kappa shape index (κ1) is 32.1. The van der Waals surface area contributed by atoms with Crippen molar-refractivity contribution in [1.29, 1.82) is 0 Å². The van der Waals surface area contributed by atoms with E-state index in [0.717, 1.165) is 16.0 Å². The number of nitrogens with one attached hydrogen (secondary N) is 1. The normalized spacial score (nSPS) is 12.6. The van der Waals surface area contributed by atoms with Crippen LogP contribution in [0.4, 0.5) is 15.4 Å². The molecule has 0 saturated heterocycles. The molecular weight excluding hydrogens is 592 g/mol. The number of alkyl carbamates (subject to hydrolysis) is 1. The van der Waals surface area contributed by atoms with Gasteiger partial charge in [-0.2, -0.15) is 4.98 Å². The molecule has 0 unspecified atom stereocenters. The van der Waals surface area contributed by atoms with E-state index in [-0.39, 0.29) is 17.9 Å². The summed E-state index contributed by atoms with van der Waals surface area (Å²) in [5.74, 6) is 1.53. The predicted octanol–water partition coefficient (Wildman–Crippen LogP) is 8.01. The minimum absolute atomic E-state index is 0.0328. The van der Waals surface area contributed by atoms with Gasteiger partial charge in [0.05, 0.1) is 30.1 Å². The number of anilines is 1. The van der Waals surface area contributed by atoms with Crippen molar-refractivity contribution >= 4 is 51.2 Å². The Morgan fingerprint density at radius 2 is 1.72 bits per heavy atom. The lowest BCUT2D eigenvalue weighted by molar-refractivity contribution is 0.0507. The fraction of sp³-hybridized carbons (Fsp3) is 0.419. The molecule has 0 spiro atoms. The van der Waals surface area contributed by atoms with Crippen LogP contribution in [0.15, 0.2) is 47.1 Å². The number of methoxy groups -OCH3 is 1. The second-order valence-corrected chi connectivity index (χ2v) is 13.5. The zero-order valence-corrected chi connectivity index (χ0v) is 27.2. The van der Waals surface area contributed by atoms with Gasteiger partial charge >= 0.3 is 12.2 Å². The fourth-order valence-electron chi connectivity index (χ4n) is 4.30. The molecule has 0 bridgehead atoms. The lowest BCUT2D eigenvalue weighted by Crippen LogP contribution is -2.38. The van der Waals surface area contributed by atoms with Gasteiger partial charge in [-0.05, 0) is 89.9 Å². The summed E-state index contributed by atoms with van der Waals surface area (Å²) < 4.78 is 22.8. The van der Waals surface area contributed by atoms with Gasteiger partial charge in [0.2, 0.25) is 5.28 Å². The van der Waals surface area contributed by atoms with Gasteiger partial charge in [0.15, 0.2) is 5.82 Å². The lowest BCUT2D eigenvalue weighted by atomic mass is 10.0. The van der Waals surface area contributed by atoms with Crippen LogP contribution >= 0.6 is 22.9 Å². The van der Waals surface area contributed by atoms with Crippen LogP contribution in [0.5, 0.6) is 5.75 Å². The number of aromatic nitrogens is 2. The molecule has 1 atom stereocenters. The molecule has 0 aliphatic rings. The first-order valence-corrected chi connectivity index (χ1v) is 15.0. The third-order valence-electron chi connectivity index (χ3n) is 5.96. The van der Waals surface area contributed by atoms with Crippen molar-refractivity contribution < 1.29 is 28.2 Å². The third kappa shape index (κ3) is 8.39. The number of fused-ring (bicyclic) bond motifs is 1. The van der Waals surface area contributed by atoms with Crippen LogP contribution in [-0.4, -0.2) is 46.5 Å². The van der Waals surface area contributed by atoms with Gasteiger partial charge in [-0.3, -0.25) is 4.90 Å². The molecule has 12 heteroatoms. The summed E-state index contributed by atoms with van der Waals surface area (Å²) in [6, 6.07) is 10.8. The van der Waals surface area contributed by atoms with E-state index in [1.807, 2.05) is 52.0 Å². The van der Waals surface area contributed by atoms with Gasteiger partial charge < -0.3 is 23.9 Å². The Hall–Kier alpha value is -3.83. The van der Waals surface area contributed by atoms with E-state index in [9.17, 15) is 9.59 Å². The summed E-state index contributed by atoms with van der Waals surface area (Å²) in [4.78, 5) is 37.6. The van der Waals surface area contributed by atoms with E-state index < -0.39 is 23.4 Å². The SMILES string of the molecule is COc1ccc(-c2c(C[C@H](C)NC(=O)OC(C)(C)C)sc3c(N(Cc4ccco4)C(=O)OC(C)(C)C)nc(Cl)nc23)cc1.